The predicted molar refractivity (Wildman–Crippen MR) is 56.7 cm³/mol. The van der Waals surface area contributed by atoms with Crippen LogP contribution in [0, 0.1) is 11.5 Å². The number of rotatable bonds is 3. The average Bonchev–Trinajstić information content (AvgIpc) is 2.18. The molecule has 0 bridgehead atoms. The van der Waals surface area contributed by atoms with Crippen LogP contribution in [0.15, 0.2) is 11.9 Å². The second-order valence-corrected chi connectivity index (χ2v) is 3.88. The summed E-state index contributed by atoms with van der Waals surface area (Å²) in [5.74, 6) is -0.155. The topological polar surface area (TPSA) is 59.4 Å². The van der Waals surface area contributed by atoms with Gasteiger partial charge in [-0.1, -0.05) is 0 Å². The number of carbonyl (C=O) groups excluding carboxylic acids is 1. The summed E-state index contributed by atoms with van der Waals surface area (Å²) in [6, 6.07) is -0.399. The number of hydrogen-bond donors (Lipinski definition) is 1. The minimum absolute atomic E-state index is 0.155. The highest BCUT2D eigenvalue weighted by Gasteiger charge is 2.37. The fraction of sp³-hybridized carbons (Fsp3) is 0.600. The van der Waals surface area contributed by atoms with Crippen molar-refractivity contribution in [1.82, 2.24) is 15.1 Å². The smallest absolute Gasteiger partial charge is 0.383 e. The third-order valence-corrected chi connectivity index (χ3v) is 2.66. The highest BCUT2D eigenvalue weighted by atomic mass is 19.4. The second kappa shape index (κ2) is 5.16. The van der Waals surface area contributed by atoms with Crippen molar-refractivity contribution in [2.24, 2.45) is 0 Å². The molecular weight excluding hydrogens is 249 g/mol. The molecule has 1 heterocycles. The van der Waals surface area contributed by atoms with E-state index in [9.17, 15) is 18.0 Å². The number of carbonyl (C=O) groups is 1. The van der Waals surface area contributed by atoms with Gasteiger partial charge in [0, 0.05) is 33.3 Å². The van der Waals surface area contributed by atoms with Crippen molar-refractivity contribution in [3.05, 3.63) is 11.9 Å². The van der Waals surface area contributed by atoms with E-state index in [1.165, 1.54) is 11.8 Å². The summed E-state index contributed by atoms with van der Waals surface area (Å²) in [4.78, 5) is 13.3. The van der Waals surface area contributed by atoms with E-state index in [1.807, 2.05) is 5.32 Å². The lowest BCUT2D eigenvalue weighted by Crippen LogP contribution is -2.58. The summed E-state index contributed by atoms with van der Waals surface area (Å²) >= 11 is 0. The Bertz CT molecular complexity index is 393. The van der Waals surface area contributed by atoms with Crippen molar-refractivity contribution in [3.8, 4) is 6.19 Å². The predicted octanol–water partition coefficient (Wildman–Crippen LogP) is 0.623. The highest BCUT2D eigenvalue weighted by Crippen LogP contribution is 2.24. The normalized spacial score (nSPS) is 16.9. The molecule has 18 heavy (non-hydrogen) atoms. The average molecular weight is 262 g/mol. The van der Waals surface area contributed by atoms with Crippen molar-refractivity contribution in [2.45, 2.75) is 19.1 Å². The molecule has 100 valence electrons. The van der Waals surface area contributed by atoms with E-state index in [-0.39, 0.29) is 19.0 Å². The Morgan fingerprint density at radius 3 is 2.44 bits per heavy atom. The van der Waals surface area contributed by atoms with E-state index < -0.39 is 17.9 Å². The van der Waals surface area contributed by atoms with Crippen molar-refractivity contribution in [2.75, 3.05) is 20.1 Å². The number of nitrogens with zero attached hydrogens (tertiary/aromatic N) is 3. The number of hydrogen-bond acceptors (Lipinski definition) is 4. The van der Waals surface area contributed by atoms with Crippen LogP contribution in [0.1, 0.15) is 6.92 Å². The van der Waals surface area contributed by atoms with E-state index in [0.717, 1.165) is 18.1 Å². The van der Waals surface area contributed by atoms with E-state index in [0.29, 0.717) is 0 Å². The van der Waals surface area contributed by atoms with Crippen LogP contribution in [0.25, 0.3) is 0 Å². The molecule has 5 nitrogen and oxygen atoms in total. The molecule has 0 spiro atoms. The molecule has 0 aromatic rings. The minimum Gasteiger partial charge on any atom is -0.383 e. The minimum atomic E-state index is -4.53. The Labute approximate surface area is 102 Å². The number of likely N-dealkylation sites (tertiary alicyclic amines) is 1. The quantitative estimate of drug-likeness (QED) is 0.598. The van der Waals surface area contributed by atoms with Gasteiger partial charge >= 0.3 is 6.18 Å². The van der Waals surface area contributed by atoms with E-state index >= 15 is 0 Å². The molecule has 0 aromatic heterocycles. The number of alkyl halides is 3. The zero-order valence-electron chi connectivity index (χ0n) is 9.95. The second-order valence-electron chi connectivity index (χ2n) is 3.88. The summed E-state index contributed by atoms with van der Waals surface area (Å²) in [5.41, 5.74) is -0.995. The SMILES string of the molecule is CN/C(=C\N(C#N)C1CN(C(C)=O)C1)C(F)(F)F. The molecule has 0 aliphatic carbocycles. The maximum absolute atomic E-state index is 12.5. The number of nitriles is 1. The molecule has 0 saturated carbocycles. The molecule has 1 fully saturated rings. The van der Waals surface area contributed by atoms with Crippen LogP contribution in [0.5, 0.6) is 0 Å². The summed E-state index contributed by atoms with van der Waals surface area (Å²) in [5, 5.41) is 10.8. The fourth-order valence-corrected chi connectivity index (χ4v) is 1.52. The van der Waals surface area contributed by atoms with Gasteiger partial charge in [-0.05, 0) is 0 Å². The number of amides is 1. The van der Waals surface area contributed by atoms with Gasteiger partial charge in [0.05, 0.1) is 6.04 Å². The summed E-state index contributed by atoms with van der Waals surface area (Å²) < 4.78 is 37.4. The molecule has 0 aromatic carbocycles. The molecule has 1 aliphatic heterocycles. The maximum Gasteiger partial charge on any atom is 0.432 e. The summed E-state index contributed by atoms with van der Waals surface area (Å²) in [7, 11) is 1.14. The molecule has 1 aliphatic rings. The van der Waals surface area contributed by atoms with Crippen molar-refractivity contribution >= 4 is 5.91 Å². The molecule has 0 atom stereocenters. The van der Waals surface area contributed by atoms with Gasteiger partial charge < -0.3 is 10.2 Å². The molecule has 8 heteroatoms. The van der Waals surface area contributed by atoms with E-state index in [4.69, 9.17) is 5.26 Å². The van der Waals surface area contributed by atoms with Gasteiger partial charge in [-0.25, -0.2) is 0 Å². The third-order valence-electron chi connectivity index (χ3n) is 2.66. The maximum atomic E-state index is 12.5. The van der Waals surface area contributed by atoms with Gasteiger partial charge in [0.2, 0.25) is 5.91 Å². The Balaban J connectivity index is 2.72. The first-order valence-electron chi connectivity index (χ1n) is 5.20. The zero-order chi connectivity index (χ0) is 13.9. The van der Waals surface area contributed by atoms with Crippen molar-refractivity contribution < 1.29 is 18.0 Å². The standard InChI is InChI=1S/C10H13F3N4O/c1-7(18)16-3-8(4-16)17(6-14)5-9(15-2)10(11,12)13/h5,8,15H,3-4H2,1-2H3/b9-5-. The van der Waals surface area contributed by atoms with E-state index in [1.54, 1.807) is 6.19 Å². The van der Waals surface area contributed by atoms with Crippen LogP contribution < -0.4 is 5.32 Å². The molecule has 1 N–H and O–H groups in total. The molecule has 1 rings (SSSR count). The van der Waals surface area contributed by atoms with Gasteiger partial charge in [-0.2, -0.15) is 18.4 Å². The van der Waals surface area contributed by atoms with Gasteiger partial charge in [0.1, 0.15) is 5.70 Å². The Morgan fingerprint density at radius 2 is 2.11 bits per heavy atom. The molecule has 0 radical (unpaired) electrons. The fourth-order valence-electron chi connectivity index (χ4n) is 1.52. The molecule has 0 unspecified atom stereocenters. The summed E-state index contributed by atoms with van der Waals surface area (Å²) in [6.07, 6.45) is -2.13. The van der Waals surface area contributed by atoms with Crippen LogP contribution in [-0.2, 0) is 4.79 Å². The van der Waals surface area contributed by atoms with E-state index in [2.05, 4.69) is 0 Å². The lowest BCUT2D eigenvalue weighted by atomic mass is 10.1. The van der Waals surface area contributed by atoms with Gasteiger partial charge in [0.15, 0.2) is 6.19 Å². The molecular formula is C10H13F3N4O. The first-order valence-corrected chi connectivity index (χ1v) is 5.20. The van der Waals surface area contributed by atoms with Crippen LogP contribution in [0.3, 0.4) is 0 Å². The Kier molecular flexibility index (Phi) is 4.06. The summed E-state index contributed by atoms with van der Waals surface area (Å²) in [6.45, 7) is 1.89. The monoisotopic (exact) mass is 262 g/mol. The largest absolute Gasteiger partial charge is 0.432 e. The van der Waals surface area contributed by atoms with Crippen molar-refractivity contribution in [1.29, 1.82) is 5.26 Å². The molecule has 1 amide bonds. The van der Waals surface area contributed by atoms with Gasteiger partial charge in [-0.15, -0.1) is 0 Å². The lowest BCUT2D eigenvalue weighted by Gasteiger charge is -2.41. The first-order chi connectivity index (χ1) is 8.29. The number of nitrogens with one attached hydrogen (secondary N) is 1. The van der Waals surface area contributed by atoms with Crippen LogP contribution in [-0.4, -0.2) is 48.1 Å². The lowest BCUT2D eigenvalue weighted by molar-refractivity contribution is -0.134. The van der Waals surface area contributed by atoms with Crippen LogP contribution in [0.4, 0.5) is 13.2 Å². The highest BCUT2D eigenvalue weighted by molar-refractivity contribution is 5.74. The number of allylic oxidation sites excluding steroid dienone is 1. The Hall–Kier alpha value is -1.91. The number of halogens is 3. The third kappa shape index (κ3) is 3.06. The van der Waals surface area contributed by atoms with Crippen LogP contribution in [0.2, 0.25) is 0 Å². The first kappa shape index (κ1) is 14.2. The van der Waals surface area contributed by atoms with Crippen LogP contribution >= 0.6 is 0 Å². The zero-order valence-corrected chi connectivity index (χ0v) is 9.95. The Morgan fingerprint density at radius 1 is 1.56 bits per heavy atom. The van der Waals surface area contributed by atoms with Gasteiger partial charge in [0.25, 0.3) is 0 Å². The van der Waals surface area contributed by atoms with Gasteiger partial charge in [-0.3, -0.25) is 9.69 Å². The van der Waals surface area contributed by atoms with Crippen molar-refractivity contribution in [3.63, 3.8) is 0 Å². The molecule has 1 saturated heterocycles.